The molecule has 1 aliphatic rings. The summed E-state index contributed by atoms with van der Waals surface area (Å²) in [6.07, 6.45) is 1.54. The molecule has 2 aromatic carbocycles. The second kappa shape index (κ2) is 7.53. The quantitative estimate of drug-likeness (QED) is 0.720. The maximum atomic E-state index is 12.5. The molecule has 26 heavy (non-hydrogen) atoms. The van der Waals surface area contributed by atoms with Crippen molar-refractivity contribution in [1.29, 1.82) is 0 Å². The van der Waals surface area contributed by atoms with Gasteiger partial charge in [-0.05, 0) is 47.9 Å². The Bertz CT molecular complexity index is 956. The van der Waals surface area contributed by atoms with Gasteiger partial charge in [-0.15, -0.1) is 10.2 Å². The number of rotatable bonds is 4. The topological polar surface area (TPSA) is 66.9 Å². The van der Waals surface area contributed by atoms with Crippen LogP contribution in [0.2, 0.25) is 5.02 Å². The van der Waals surface area contributed by atoms with Crippen molar-refractivity contribution in [2.24, 2.45) is 0 Å². The lowest BCUT2D eigenvalue weighted by atomic mass is 9.98. The largest absolute Gasteiger partial charge is 0.312 e. The molecule has 5 nitrogen and oxygen atoms in total. The second-order valence-electron chi connectivity index (χ2n) is 6.13. The van der Waals surface area contributed by atoms with Gasteiger partial charge in [-0.2, -0.15) is 0 Å². The van der Waals surface area contributed by atoms with Crippen molar-refractivity contribution in [2.45, 2.75) is 19.4 Å². The Balaban J connectivity index is 1.45. The molecule has 0 saturated heterocycles. The fourth-order valence-corrected chi connectivity index (χ4v) is 3.93. The Morgan fingerprint density at radius 2 is 2.08 bits per heavy atom. The van der Waals surface area contributed by atoms with Crippen LogP contribution in [0.5, 0.6) is 0 Å². The maximum absolute atomic E-state index is 12.5. The van der Waals surface area contributed by atoms with Crippen molar-refractivity contribution in [3.63, 3.8) is 0 Å². The molecule has 1 aliphatic heterocycles. The summed E-state index contributed by atoms with van der Waals surface area (Å²) in [4.78, 5) is 12.5. The number of halogens is 1. The summed E-state index contributed by atoms with van der Waals surface area (Å²) in [7, 11) is 0. The van der Waals surface area contributed by atoms with Gasteiger partial charge in [0.15, 0.2) is 0 Å². The minimum atomic E-state index is -0.160. The third-order valence-corrected chi connectivity index (χ3v) is 5.55. The third kappa shape index (κ3) is 3.77. The number of hydrogen-bond acceptors (Lipinski definition) is 5. The normalized spacial score (nSPS) is 13.3. The second-order valence-corrected chi connectivity index (χ2v) is 7.60. The highest BCUT2D eigenvalue weighted by atomic mass is 35.5. The Kier molecular flexibility index (Phi) is 4.97. The highest BCUT2D eigenvalue weighted by Gasteiger charge is 2.14. The molecule has 2 heterocycles. The van der Waals surface area contributed by atoms with Crippen molar-refractivity contribution in [3.8, 4) is 0 Å². The lowest BCUT2D eigenvalue weighted by Gasteiger charge is -2.17. The Hall–Kier alpha value is -2.28. The first-order valence-electron chi connectivity index (χ1n) is 8.39. The standard InChI is InChI=1S/C19H17ClN4OS/c20-16-4-2-1-3-13(16)10-17-23-24-19(26-17)22-18(25)14-5-6-15-11-21-8-7-12(15)9-14/h1-6,9,21H,7-8,10-11H2,(H,22,24,25). The number of aromatic nitrogens is 2. The highest BCUT2D eigenvalue weighted by molar-refractivity contribution is 7.15. The van der Waals surface area contributed by atoms with E-state index in [9.17, 15) is 4.79 Å². The van der Waals surface area contributed by atoms with E-state index in [0.29, 0.717) is 22.1 Å². The van der Waals surface area contributed by atoms with Gasteiger partial charge in [-0.3, -0.25) is 10.1 Å². The van der Waals surface area contributed by atoms with E-state index in [1.54, 1.807) is 0 Å². The van der Waals surface area contributed by atoms with Gasteiger partial charge < -0.3 is 5.32 Å². The lowest BCUT2D eigenvalue weighted by Crippen LogP contribution is -2.24. The maximum Gasteiger partial charge on any atom is 0.257 e. The molecule has 132 valence electrons. The third-order valence-electron chi connectivity index (χ3n) is 4.34. The van der Waals surface area contributed by atoms with E-state index in [1.165, 1.54) is 22.5 Å². The van der Waals surface area contributed by atoms with Gasteiger partial charge in [-0.1, -0.05) is 47.2 Å². The fraction of sp³-hybridized carbons (Fsp3) is 0.211. The van der Waals surface area contributed by atoms with Crippen LogP contribution >= 0.6 is 22.9 Å². The van der Waals surface area contributed by atoms with Gasteiger partial charge in [0.1, 0.15) is 5.01 Å². The van der Waals surface area contributed by atoms with Crippen LogP contribution < -0.4 is 10.6 Å². The van der Waals surface area contributed by atoms with Crippen molar-refractivity contribution in [3.05, 3.63) is 74.7 Å². The van der Waals surface area contributed by atoms with Crippen LogP contribution in [0.25, 0.3) is 0 Å². The average Bonchev–Trinajstić information content (AvgIpc) is 3.10. The minimum Gasteiger partial charge on any atom is -0.312 e. The zero-order valence-corrected chi connectivity index (χ0v) is 15.5. The predicted molar refractivity (Wildman–Crippen MR) is 104 cm³/mol. The lowest BCUT2D eigenvalue weighted by molar-refractivity contribution is 0.102. The smallest absolute Gasteiger partial charge is 0.257 e. The van der Waals surface area contributed by atoms with Crippen LogP contribution in [-0.4, -0.2) is 22.6 Å². The predicted octanol–water partition coefficient (Wildman–Crippen LogP) is 3.68. The average molecular weight is 385 g/mol. The number of carbonyl (C=O) groups is 1. The van der Waals surface area contributed by atoms with Crippen LogP contribution in [0.15, 0.2) is 42.5 Å². The molecule has 7 heteroatoms. The van der Waals surface area contributed by atoms with Crippen LogP contribution in [-0.2, 0) is 19.4 Å². The molecule has 4 rings (SSSR count). The van der Waals surface area contributed by atoms with Crippen LogP contribution in [0.4, 0.5) is 5.13 Å². The molecule has 0 unspecified atom stereocenters. The SMILES string of the molecule is O=C(Nc1nnc(Cc2ccccc2Cl)s1)c1ccc2c(c1)CCNC2. The zero-order valence-electron chi connectivity index (χ0n) is 14.0. The highest BCUT2D eigenvalue weighted by Crippen LogP contribution is 2.23. The summed E-state index contributed by atoms with van der Waals surface area (Å²) >= 11 is 7.55. The monoisotopic (exact) mass is 384 g/mol. The first-order chi connectivity index (χ1) is 12.7. The minimum absolute atomic E-state index is 0.160. The molecule has 2 N–H and O–H groups in total. The molecular weight excluding hydrogens is 368 g/mol. The molecule has 0 fully saturated rings. The summed E-state index contributed by atoms with van der Waals surface area (Å²) in [5.41, 5.74) is 4.12. The molecule has 0 radical (unpaired) electrons. The van der Waals surface area contributed by atoms with E-state index in [4.69, 9.17) is 11.6 Å². The summed E-state index contributed by atoms with van der Waals surface area (Å²) in [6, 6.07) is 13.5. The van der Waals surface area contributed by atoms with E-state index in [-0.39, 0.29) is 5.91 Å². The molecule has 0 bridgehead atoms. The van der Waals surface area contributed by atoms with E-state index >= 15 is 0 Å². The number of nitrogens with one attached hydrogen (secondary N) is 2. The van der Waals surface area contributed by atoms with Gasteiger partial charge >= 0.3 is 0 Å². The molecular formula is C19H17ClN4OS. The number of nitrogens with zero attached hydrogens (tertiary/aromatic N) is 2. The number of carbonyl (C=O) groups excluding carboxylic acids is 1. The van der Waals surface area contributed by atoms with E-state index in [2.05, 4.69) is 20.8 Å². The van der Waals surface area contributed by atoms with Crippen molar-refractivity contribution in [2.75, 3.05) is 11.9 Å². The van der Waals surface area contributed by atoms with Crippen LogP contribution in [0.1, 0.15) is 32.1 Å². The van der Waals surface area contributed by atoms with Crippen LogP contribution in [0, 0.1) is 0 Å². The van der Waals surface area contributed by atoms with Gasteiger partial charge in [-0.25, -0.2) is 0 Å². The molecule has 0 saturated carbocycles. The van der Waals surface area contributed by atoms with Gasteiger partial charge in [0.2, 0.25) is 5.13 Å². The molecule has 1 amide bonds. The van der Waals surface area contributed by atoms with Gasteiger partial charge in [0.05, 0.1) is 0 Å². The summed E-state index contributed by atoms with van der Waals surface area (Å²) in [5, 5.41) is 16.4. The number of anilines is 1. The Morgan fingerprint density at radius 3 is 2.96 bits per heavy atom. The molecule has 0 spiro atoms. The van der Waals surface area contributed by atoms with E-state index in [1.807, 2.05) is 42.5 Å². The Labute approximate surface area is 160 Å². The first kappa shape index (κ1) is 17.1. The van der Waals surface area contributed by atoms with Crippen molar-refractivity contribution in [1.82, 2.24) is 15.5 Å². The van der Waals surface area contributed by atoms with Gasteiger partial charge in [0.25, 0.3) is 5.91 Å². The van der Waals surface area contributed by atoms with Crippen LogP contribution in [0.3, 0.4) is 0 Å². The summed E-state index contributed by atoms with van der Waals surface area (Å²) < 4.78 is 0. The molecule has 0 aliphatic carbocycles. The summed E-state index contributed by atoms with van der Waals surface area (Å²) in [5.74, 6) is -0.160. The number of hydrogen-bond donors (Lipinski definition) is 2. The molecule has 3 aromatic rings. The summed E-state index contributed by atoms with van der Waals surface area (Å²) in [6.45, 7) is 1.80. The van der Waals surface area contributed by atoms with Crippen molar-refractivity contribution < 1.29 is 4.79 Å². The number of benzene rings is 2. The Morgan fingerprint density at radius 1 is 1.19 bits per heavy atom. The fourth-order valence-electron chi connectivity index (χ4n) is 2.97. The molecule has 0 atom stereocenters. The zero-order chi connectivity index (χ0) is 17.9. The number of amides is 1. The molecule has 1 aromatic heterocycles. The van der Waals surface area contributed by atoms with E-state index in [0.717, 1.165) is 30.1 Å². The number of fused-ring (bicyclic) bond motifs is 1. The van der Waals surface area contributed by atoms with Gasteiger partial charge in [0, 0.05) is 23.6 Å². The van der Waals surface area contributed by atoms with E-state index < -0.39 is 0 Å². The first-order valence-corrected chi connectivity index (χ1v) is 9.58. The van der Waals surface area contributed by atoms with Crippen molar-refractivity contribution >= 4 is 34.0 Å².